The number of nitrogens with one attached hydrogen (secondary N) is 1. The lowest BCUT2D eigenvalue weighted by atomic mass is 10.1. The summed E-state index contributed by atoms with van der Waals surface area (Å²) in [6.07, 6.45) is 3.63. The van der Waals surface area contributed by atoms with Crippen LogP contribution in [0.1, 0.15) is 12.6 Å². The zero-order valence-corrected chi connectivity index (χ0v) is 9.88. The summed E-state index contributed by atoms with van der Waals surface area (Å²) in [5.41, 5.74) is 11.3. The number of amides is 2. The average Bonchev–Trinajstić information content (AvgIpc) is 2.62. The maximum Gasteiger partial charge on any atom is 0.240 e. The Balaban J connectivity index is 2.67. The van der Waals surface area contributed by atoms with Gasteiger partial charge in [-0.3, -0.25) is 9.59 Å². The summed E-state index contributed by atoms with van der Waals surface area (Å²) in [5.74, 6) is -1.02. The van der Waals surface area contributed by atoms with Crippen LogP contribution in [0.3, 0.4) is 0 Å². The highest BCUT2D eigenvalue weighted by Crippen LogP contribution is 2.00. The van der Waals surface area contributed by atoms with Crippen LogP contribution in [0.2, 0.25) is 0 Å². The number of carbonyl (C=O) groups excluding carboxylic acids is 2. The van der Waals surface area contributed by atoms with Gasteiger partial charge in [-0.25, -0.2) is 4.98 Å². The topological polar surface area (TPSA) is 116 Å². The van der Waals surface area contributed by atoms with E-state index in [1.807, 2.05) is 7.05 Å². The van der Waals surface area contributed by atoms with E-state index in [4.69, 9.17) is 11.5 Å². The van der Waals surface area contributed by atoms with Gasteiger partial charge < -0.3 is 21.4 Å². The molecule has 0 aromatic carbocycles. The van der Waals surface area contributed by atoms with Crippen molar-refractivity contribution < 1.29 is 9.59 Å². The van der Waals surface area contributed by atoms with Crippen LogP contribution in [0.4, 0.5) is 0 Å². The Labute approximate surface area is 99.2 Å². The molecule has 0 spiro atoms. The lowest BCUT2D eigenvalue weighted by molar-refractivity contribution is -0.127. The molecule has 0 aliphatic rings. The van der Waals surface area contributed by atoms with Gasteiger partial charge in [0.1, 0.15) is 6.04 Å². The van der Waals surface area contributed by atoms with Crippen LogP contribution in [0.5, 0.6) is 0 Å². The predicted octanol–water partition coefficient (Wildman–Crippen LogP) is -1.72. The molecule has 7 nitrogen and oxygen atoms in total. The minimum Gasteiger partial charge on any atom is -0.368 e. The minimum atomic E-state index is -0.789. The van der Waals surface area contributed by atoms with Crippen molar-refractivity contribution in [3.8, 4) is 0 Å². The second-order valence-corrected chi connectivity index (χ2v) is 3.99. The van der Waals surface area contributed by atoms with Crippen LogP contribution in [-0.2, 0) is 23.1 Å². The molecule has 1 aromatic heterocycles. The van der Waals surface area contributed by atoms with Crippen molar-refractivity contribution in [3.05, 3.63) is 18.2 Å². The molecule has 1 heterocycles. The third-order valence-electron chi connectivity index (χ3n) is 2.25. The number of nitrogens with zero attached hydrogens (tertiary/aromatic N) is 2. The molecule has 0 aliphatic heterocycles. The minimum absolute atomic E-state index is 0.259. The number of primary amides is 1. The maximum atomic E-state index is 11.4. The number of nitrogens with two attached hydrogens (primary N) is 2. The molecule has 2 unspecified atom stereocenters. The van der Waals surface area contributed by atoms with Gasteiger partial charge in [0.15, 0.2) is 0 Å². The van der Waals surface area contributed by atoms with Gasteiger partial charge in [0.2, 0.25) is 11.8 Å². The van der Waals surface area contributed by atoms with Crippen molar-refractivity contribution >= 4 is 11.8 Å². The first-order valence-corrected chi connectivity index (χ1v) is 5.22. The monoisotopic (exact) mass is 239 g/mol. The Kier molecular flexibility index (Phi) is 4.22. The van der Waals surface area contributed by atoms with E-state index < -0.39 is 23.9 Å². The fourth-order valence-electron chi connectivity index (χ4n) is 1.31. The highest BCUT2D eigenvalue weighted by molar-refractivity contribution is 5.88. The van der Waals surface area contributed by atoms with Crippen molar-refractivity contribution in [1.29, 1.82) is 0 Å². The van der Waals surface area contributed by atoms with Crippen molar-refractivity contribution in [2.75, 3.05) is 0 Å². The van der Waals surface area contributed by atoms with E-state index in [0.717, 1.165) is 0 Å². The van der Waals surface area contributed by atoms with E-state index in [1.54, 1.807) is 17.1 Å². The van der Waals surface area contributed by atoms with Gasteiger partial charge in [-0.05, 0) is 6.92 Å². The first kappa shape index (κ1) is 13.2. The maximum absolute atomic E-state index is 11.4. The molecule has 2 amide bonds. The highest BCUT2D eigenvalue weighted by Gasteiger charge is 2.21. The third-order valence-corrected chi connectivity index (χ3v) is 2.25. The van der Waals surface area contributed by atoms with Crippen LogP contribution in [0, 0.1) is 0 Å². The molecule has 0 bridgehead atoms. The molecule has 1 rings (SSSR count). The summed E-state index contributed by atoms with van der Waals surface area (Å²) >= 11 is 0. The molecule has 5 N–H and O–H groups in total. The van der Waals surface area contributed by atoms with Crippen molar-refractivity contribution in [2.24, 2.45) is 18.5 Å². The van der Waals surface area contributed by atoms with E-state index in [2.05, 4.69) is 10.3 Å². The average molecular weight is 239 g/mol. The van der Waals surface area contributed by atoms with E-state index in [-0.39, 0.29) is 6.42 Å². The van der Waals surface area contributed by atoms with Crippen molar-refractivity contribution in [1.82, 2.24) is 14.9 Å². The summed E-state index contributed by atoms with van der Waals surface area (Å²) in [6, 6.07) is -1.47. The summed E-state index contributed by atoms with van der Waals surface area (Å²) in [5, 5.41) is 2.49. The fraction of sp³-hybridized carbons (Fsp3) is 0.500. The van der Waals surface area contributed by atoms with Crippen molar-refractivity contribution in [2.45, 2.75) is 25.4 Å². The van der Waals surface area contributed by atoms with Gasteiger partial charge in [0.25, 0.3) is 0 Å². The zero-order valence-electron chi connectivity index (χ0n) is 9.88. The molecule has 0 fully saturated rings. The van der Waals surface area contributed by atoms with E-state index in [0.29, 0.717) is 5.69 Å². The molecular formula is C10H17N5O2. The number of imidazole rings is 1. The van der Waals surface area contributed by atoms with Gasteiger partial charge in [0.05, 0.1) is 18.1 Å². The number of aryl methyl sites for hydroxylation is 1. The zero-order chi connectivity index (χ0) is 13.0. The summed E-state index contributed by atoms with van der Waals surface area (Å²) < 4.78 is 1.75. The van der Waals surface area contributed by atoms with E-state index in [9.17, 15) is 9.59 Å². The van der Waals surface area contributed by atoms with Gasteiger partial charge >= 0.3 is 0 Å². The van der Waals surface area contributed by atoms with E-state index in [1.165, 1.54) is 6.92 Å². The van der Waals surface area contributed by atoms with Crippen LogP contribution in [-0.4, -0.2) is 33.4 Å². The number of aromatic nitrogens is 2. The van der Waals surface area contributed by atoms with Gasteiger partial charge in [-0.15, -0.1) is 0 Å². The lowest BCUT2D eigenvalue weighted by Gasteiger charge is -2.15. The molecule has 0 radical (unpaired) electrons. The predicted molar refractivity (Wildman–Crippen MR) is 61.7 cm³/mol. The molecule has 7 heteroatoms. The molecule has 0 aliphatic carbocycles. The van der Waals surface area contributed by atoms with Crippen LogP contribution < -0.4 is 16.8 Å². The third kappa shape index (κ3) is 3.87. The lowest BCUT2D eigenvalue weighted by Crippen LogP contribution is -2.50. The molecule has 17 heavy (non-hydrogen) atoms. The molecular weight excluding hydrogens is 222 g/mol. The molecule has 1 aromatic rings. The van der Waals surface area contributed by atoms with Gasteiger partial charge in [-0.1, -0.05) is 0 Å². The summed E-state index contributed by atoms with van der Waals surface area (Å²) in [6.45, 7) is 1.54. The number of carbonyl (C=O) groups is 2. The Hall–Kier alpha value is -1.89. The smallest absolute Gasteiger partial charge is 0.240 e. The van der Waals surface area contributed by atoms with Gasteiger partial charge in [-0.2, -0.15) is 0 Å². The normalized spacial score (nSPS) is 14.1. The second kappa shape index (κ2) is 5.44. The second-order valence-electron chi connectivity index (χ2n) is 3.99. The highest BCUT2D eigenvalue weighted by atomic mass is 16.2. The molecule has 0 saturated heterocycles. The number of hydrogen-bond acceptors (Lipinski definition) is 4. The van der Waals surface area contributed by atoms with Crippen LogP contribution >= 0.6 is 0 Å². The first-order chi connectivity index (χ1) is 7.90. The molecule has 94 valence electrons. The Morgan fingerprint density at radius 3 is 2.65 bits per heavy atom. The first-order valence-electron chi connectivity index (χ1n) is 5.22. The fourth-order valence-corrected chi connectivity index (χ4v) is 1.31. The number of rotatable bonds is 5. The Bertz CT molecular complexity index is 413. The van der Waals surface area contributed by atoms with Gasteiger partial charge in [0, 0.05) is 19.7 Å². The van der Waals surface area contributed by atoms with E-state index >= 15 is 0 Å². The van der Waals surface area contributed by atoms with Crippen LogP contribution in [0.15, 0.2) is 12.5 Å². The molecule has 0 saturated carbocycles. The number of hydrogen-bond donors (Lipinski definition) is 3. The van der Waals surface area contributed by atoms with Crippen LogP contribution in [0.25, 0.3) is 0 Å². The largest absolute Gasteiger partial charge is 0.368 e. The Morgan fingerprint density at radius 1 is 1.59 bits per heavy atom. The van der Waals surface area contributed by atoms with Crippen molar-refractivity contribution in [3.63, 3.8) is 0 Å². The SMILES string of the molecule is CC(N)C(=O)NC(Cc1cn(C)cn1)C(N)=O. The summed E-state index contributed by atoms with van der Waals surface area (Å²) in [4.78, 5) is 26.6. The molecule has 2 atom stereocenters. The summed E-state index contributed by atoms with van der Waals surface area (Å²) in [7, 11) is 1.82. The standard InChI is InChI=1S/C10H17N5O2/c1-6(11)10(17)14-8(9(12)16)3-7-4-15(2)5-13-7/h4-6,8H,3,11H2,1-2H3,(H2,12,16)(H,14,17). The Morgan fingerprint density at radius 2 is 2.24 bits per heavy atom. The quantitative estimate of drug-likeness (QED) is 0.566.